The zero-order valence-electron chi connectivity index (χ0n) is 15.5. The van der Waals surface area contributed by atoms with Crippen molar-refractivity contribution in [3.05, 3.63) is 51.1 Å². The molecular formula is C19H17Cl2N3O3S3. The first-order valence-corrected chi connectivity index (χ1v) is 13.0. The number of amides is 1. The van der Waals surface area contributed by atoms with Crippen molar-refractivity contribution in [2.45, 2.75) is 17.7 Å². The normalized spacial score (nSPS) is 17.7. The SMILES string of the molecule is O=C(Nc1nc(-c2ccc(Cl)s2)cs1)C1CCCN(S(=O)(=O)c2ccc(Cl)cc2)C1. The number of carbonyl (C=O) groups is 1. The summed E-state index contributed by atoms with van der Waals surface area (Å²) in [4.78, 5) is 18.3. The molecule has 0 radical (unpaired) electrons. The van der Waals surface area contributed by atoms with Gasteiger partial charge in [0.15, 0.2) is 5.13 Å². The largest absolute Gasteiger partial charge is 0.302 e. The van der Waals surface area contributed by atoms with Gasteiger partial charge in [-0.3, -0.25) is 4.79 Å². The molecule has 1 amide bonds. The lowest BCUT2D eigenvalue weighted by Gasteiger charge is -2.31. The van der Waals surface area contributed by atoms with Gasteiger partial charge in [0.25, 0.3) is 0 Å². The van der Waals surface area contributed by atoms with Gasteiger partial charge in [-0.2, -0.15) is 4.31 Å². The molecule has 1 aliphatic rings. The molecule has 1 unspecified atom stereocenters. The third kappa shape index (κ3) is 4.71. The second kappa shape index (κ2) is 8.94. The van der Waals surface area contributed by atoms with Gasteiger partial charge in [0, 0.05) is 23.5 Å². The highest BCUT2D eigenvalue weighted by atomic mass is 35.5. The molecule has 0 aliphatic carbocycles. The van der Waals surface area contributed by atoms with E-state index in [1.54, 1.807) is 18.2 Å². The van der Waals surface area contributed by atoms with Crippen LogP contribution in [0, 0.1) is 5.92 Å². The molecule has 3 aromatic rings. The molecule has 0 bridgehead atoms. The molecule has 30 heavy (non-hydrogen) atoms. The fourth-order valence-corrected chi connectivity index (χ4v) is 6.68. The number of rotatable bonds is 5. The summed E-state index contributed by atoms with van der Waals surface area (Å²) >= 11 is 14.6. The molecular weight excluding hydrogens is 485 g/mol. The van der Waals surface area contributed by atoms with Gasteiger partial charge in [-0.1, -0.05) is 23.2 Å². The molecule has 1 saturated heterocycles. The smallest absolute Gasteiger partial charge is 0.243 e. The van der Waals surface area contributed by atoms with Gasteiger partial charge in [0.1, 0.15) is 0 Å². The number of thiophene rings is 1. The van der Waals surface area contributed by atoms with Crippen LogP contribution in [0.3, 0.4) is 0 Å². The van der Waals surface area contributed by atoms with E-state index < -0.39 is 15.9 Å². The number of halogens is 2. The van der Waals surface area contributed by atoms with Crippen LogP contribution in [0.1, 0.15) is 12.8 Å². The highest BCUT2D eigenvalue weighted by Gasteiger charge is 2.33. The molecule has 1 aliphatic heterocycles. The highest BCUT2D eigenvalue weighted by Crippen LogP contribution is 2.33. The summed E-state index contributed by atoms with van der Waals surface area (Å²) in [6.45, 7) is 0.519. The summed E-state index contributed by atoms with van der Waals surface area (Å²) < 4.78 is 27.9. The zero-order chi connectivity index (χ0) is 21.3. The molecule has 158 valence electrons. The number of sulfonamides is 1. The van der Waals surface area contributed by atoms with Gasteiger partial charge >= 0.3 is 0 Å². The summed E-state index contributed by atoms with van der Waals surface area (Å²) in [5.74, 6) is -0.666. The molecule has 11 heteroatoms. The molecule has 1 atom stereocenters. The van der Waals surface area contributed by atoms with Crippen molar-refractivity contribution < 1.29 is 13.2 Å². The minimum absolute atomic E-state index is 0.134. The fourth-order valence-electron chi connectivity index (χ4n) is 3.23. The lowest BCUT2D eigenvalue weighted by molar-refractivity contribution is -0.120. The minimum atomic E-state index is -3.68. The van der Waals surface area contributed by atoms with E-state index in [0.29, 0.717) is 33.9 Å². The molecule has 0 spiro atoms. The lowest BCUT2D eigenvalue weighted by Crippen LogP contribution is -2.43. The quantitative estimate of drug-likeness (QED) is 0.519. The van der Waals surface area contributed by atoms with E-state index in [1.807, 2.05) is 11.4 Å². The maximum Gasteiger partial charge on any atom is 0.243 e. The second-order valence-electron chi connectivity index (χ2n) is 6.79. The third-order valence-corrected chi connectivity index (χ3v) is 8.91. The molecule has 3 heterocycles. The number of aromatic nitrogens is 1. The summed E-state index contributed by atoms with van der Waals surface area (Å²) in [6, 6.07) is 9.74. The van der Waals surface area contributed by atoms with Crippen LogP contribution in [0.4, 0.5) is 5.13 Å². The van der Waals surface area contributed by atoms with E-state index in [4.69, 9.17) is 23.2 Å². The van der Waals surface area contributed by atoms with Crippen LogP contribution in [0.5, 0.6) is 0 Å². The van der Waals surface area contributed by atoms with Gasteiger partial charge in [0.2, 0.25) is 15.9 Å². The standard InChI is InChI=1S/C19H17Cl2N3O3S3/c20-13-3-5-14(6-4-13)30(26,27)24-9-1-2-12(10-24)18(25)23-19-22-15(11-28-19)16-7-8-17(21)29-16/h3-8,11-12H,1-2,9-10H2,(H,22,23,25). The summed E-state index contributed by atoms with van der Waals surface area (Å²) in [6.07, 6.45) is 1.24. The molecule has 1 N–H and O–H groups in total. The van der Waals surface area contributed by atoms with Crippen LogP contribution in [0.25, 0.3) is 10.6 Å². The number of hydrogen-bond donors (Lipinski definition) is 1. The Labute approximate surface area is 192 Å². The summed E-state index contributed by atoms with van der Waals surface area (Å²) in [7, 11) is -3.68. The minimum Gasteiger partial charge on any atom is -0.302 e. The van der Waals surface area contributed by atoms with Crippen molar-refractivity contribution in [3.8, 4) is 10.6 Å². The third-order valence-electron chi connectivity index (χ3n) is 4.77. The molecule has 0 saturated carbocycles. The van der Waals surface area contributed by atoms with Crippen molar-refractivity contribution in [2.24, 2.45) is 5.92 Å². The van der Waals surface area contributed by atoms with Gasteiger partial charge in [0.05, 0.1) is 25.7 Å². The Morgan fingerprint density at radius 3 is 2.63 bits per heavy atom. The van der Waals surface area contributed by atoms with Gasteiger partial charge in [-0.25, -0.2) is 13.4 Å². The first kappa shape index (κ1) is 21.7. The van der Waals surface area contributed by atoms with Gasteiger partial charge < -0.3 is 5.32 Å². The molecule has 2 aromatic heterocycles. The van der Waals surface area contributed by atoms with E-state index >= 15 is 0 Å². The van der Waals surface area contributed by atoms with Crippen molar-refractivity contribution in [1.82, 2.24) is 9.29 Å². The van der Waals surface area contributed by atoms with E-state index in [9.17, 15) is 13.2 Å². The number of nitrogens with zero attached hydrogens (tertiary/aromatic N) is 2. The average molecular weight is 502 g/mol. The summed E-state index contributed by atoms with van der Waals surface area (Å²) in [5.41, 5.74) is 0.753. The number of hydrogen-bond acceptors (Lipinski definition) is 6. The number of piperidine rings is 1. The van der Waals surface area contributed by atoms with Crippen LogP contribution in [-0.4, -0.2) is 36.7 Å². The number of nitrogens with one attached hydrogen (secondary N) is 1. The van der Waals surface area contributed by atoms with E-state index in [-0.39, 0.29) is 17.3 Å². The highest BCUT2D eigenvalue weighted by molar-refractivity contribution is 7.89. The lowest BCUT2D eigenvalue weighted by atomic mass is 9.99. The monoisotopic (exact) mass is 501 g/mol. The molecule has 4 rings (SSSR count). The Balaban J connectivity index is 1.44. The zero-order valence-corrected chi connectivity index (χ0v) is 19.5. The van der Waals surface area contributed by atoms with E-state index in [1.165, 1.54) is 39.1 Å². The van der Waals surface area contributed by atoms with Crippen LogP contribution < -0.4 is 5.32 Å². The Morgan fingerprint density at radius 1 is 1.17 bits per heavy atom. The Kier molecular flexibility index (Phi) is 6.47. The second-order valence-corrected chi connectivity index (χ2v) is 11.7. The van der Waals surface area contributed by atoms with Crippen LogP contribution in [0.2, 0.25) is 9.36 Å². The average Bonchev–Trinajstić information content (AvgIpc) is 3.37. The number of anilines is 1. The summed E-state index contributed by atoms with van der Waals surface area (Å²) in [5, 5.41) is 5.64. The van der Waals surface area contributed by atoms with E-state index in [2.05, 4.69) is 10.3 Å². The van der Waals surface area contributed by atoms with Crippen molar-refractivity contribution in [3.63, 3.8) is 0 Å². The fraction of sp³-hybridized carbons (Fsp3) is 0.263. The first-order chi connectivity index (χ1) is 14.3. The van der Waals surface area contributed by atoms with Crippen LogP contribution in [0.15, 0.2) is 46.7 Å². The first-order valence-electron chi connectivity index (χ1n) is 9.11. The topological polar surface area (TPSA) is 79.4 Å². The number of benzene rings is 1. The maximum atomic E-state index is 12.9. The number of carbonyl (C=O) groups excluding carboxylic acids is 1. The van der Waals surface area contributed by atoms with Crippen molar-refractivity contribution >= 4 is 66.9 Å². The predicted molar refractivity (Wildman–Crippen MR) is 122 cm³/mol. The van der Waals surface area contributed by atoms with Gasteiger partial charge in [-0.05, 0) is 49.2 Å². The van der Waals surface area contributed by atoms with Crippen molar-refractivity contribution in [1.29, 1.82) is 0 Å². The Hall–Kier alpha value is -1.49. The van der Waals surface area contributed by atoms with Crippen LogP contribution >= 0.6 is 45.9 Å². The maximum absolute atomic E-state index is 12.9. The number of thiazole rings is 1. The predicted octanol–water partition coefficient (Wildman–Crippen LogP) is 5.22. The Bertz CT molecular complexity index is 1160. The van der Waals surface area contributed by atoms with Crippen molar-refractivity contribution in [2.75, 3.05) is 18.4 Å². The molecule has 1 aromatic carbocycles. The molecule has 1 fully saturated rings. The van der Waals surface area contributed by atoms with Gasteiger partial charge in [-0.15, -0.1) is 22.7 Å². The molecule has 6 nitrogen and oxygen atoms in total. The van der Waals surface area contributed by atoms with Crippen LogP contribution in [-0.2, 0) is 14.8 Å². The Morgan fingerprint density at radius 2 is 1.93 bits per heavy atom. The van der Waals surface area contributed by atoms with E-state index in [0.717, 1.165) is 10.6 Å².